The number of hydrogen-bond acceptors (Lipinski definition) is 4. The molecule has 3 aromatic carbocycles. The van der Waals surface area contributed by atoms with Crippen LogP contribution in [0.1, 0.15) is 23.1 Å². The summed E-state index contributed by atoms with van der Waals surface area (Å²) in [4.78, 5) is 25.1. The molecule has 0 aliphatic rings. The fraction of sp³-hybridized carbons (Fsp3) is 0.286. The first-order chi connectivity index (χ1) is 16.9. The number of aliphatic carboxylic acids is 1. The summed E-state index contributed by atoms with van der Waals surface area (Å²) < 4.78 is 11.4. The molecule has 0 aliphatic heterocycles. The van der Waals surface area contributed by atoms with E-state index < -0.39 is 5.97 Å². The highest BCUT2D eigenvalue weighted by molar-refractivity contribution is 6.32. The molecule has 0 atom stereocenters. The summed E-state index contributed by atoms with van der Waals surface area (Å²) in [5, 5.41) is 9.24. The van der Waals surface area contributed by atoms with Crippen molar-refractivity contribution in [2.45, 2.75) is 25.7 Å². The number of rotatable bonds is 13. The molecule has 0 unspecified atom stereocenters. The Kier molecular flexibility index (Phi) is 9.99. The van der Waals surface area contributed by atoms with Gasteiger partial charge in [0.15, 0.2) is 0 Å². The first-order valence-corrected chi connectivity index (χ1v) is 11.9. The number of benzene rings is 3. The number of likely N-dealkylation sites (N-methyl/N-ethyl adjacent to an activating group) is 1. The van der Waals surface area contributed by atoms with Gasteiger partial charge in [-0.05, 0) is 47.4 Å². The zero-order valence-corrected chi connectivity index (χ0v) is 20.5. The molecule has 35 heavy (non-hydrogen) atoms. The first kappa shape index (κ1) is 26.1. The predicted molar refractivity (Wildman–Crippen MR) is 136 cm³/mol. The van der Waals surface area contributed by atoms with Gasteiger partial charge in [-0.1, -0.05) is 60.1 Å². The molecule has 0 heterocycles. The van der Waals surface area contributed by atoms with Crippen molar-refractivity contribution >= 4 is 23.5 Å². The van der Waals surface area contributed by atoms with Gasteiger partial charge in [0.1, 0.15) is 11.5 Å². The first-order valence-electron chi connectivity index (χ1n) is 11.5. The molecule has 0 saturated carbocycles. The van der Waals surface area contributed by atoms with E-state index in [4.69, 9.17) is 26.2 Å². The summed E-state index contributed by atoms with van der Waals surface area (Å²) >= 11 is 6.16. The van der Waals surface area contributed by atoms with Crippen LogP contribution in [0.4, 0.5) is 0 Å². The van der Waals surface area contributed by atoms with Crippen molar-refractivity contribution < 1.29 is 24.2 Å². The molecular formula is C28H30ClNO5. The van der Waals surface area contributed by atoms with Crippen LogP contribution in [0.5, 0.6) is 11.5 Å². The average Bonchev–Trinajstić information content (AvgIpc) is 2.84. The van der Waals surface area contributed by atoms with Gasteiger partial charge < -0.3 is 19.5 Å². The Morgan fingerprint density at radius 1 is 0.857 bits per heavy atom. The summed E-state index contributed by atoms with van der Waals surface area (Å²) in [6, 6.07) is 22.7. The van der Waals surface area contributed by atoms with Crippen molar-refractivity contribution in [2.75, 3.05) is 26.8 Å². The van der Waals surface area contributed by atoms with E-state index in [2.05, 4.69) is 12.1 Å². The van der Waals surface area contributed by atoms with Crippen molar-refractivity contribution in [2.24, 2.45) is 0 Å². The Labute approximate surface area is 211 Å². The quantitative estimate of drug-likeness (QED) is 0.335. The minimum atomic E-state index is -0.905. The molecule has 7 heteroatoms. The lowest BCUT2D eigenvalue weighted by molar-refractivity contribution is -0.136. The van der Waals surface area contributed by atoms with Gasteiger partial charge in [-0.25, -0.2) is 0 Å². The van der Waals surface area contributed by atoms with Crippen LogP contribution < -0.4 is 9.47 Å². The number of carboxylic acids is 1. The van der Waals surface area contributed by atoms with Crippen molar-refractivity contribution in [1.82, 2.24) is 4.90 Å². The second kappa shape index (κ2) is 13.4. The minimum Gasteiger partial charge on any atom is -0.493 e. The largest absolute Gasteiger partial charge is 0.493 e. The minimum absolute atomic E-state index is 0.0776. The average molecular weight is 496 g/mol. The molecule has 184 valence electrons. The van der Waals surface area contributed by atoms with Crippen LogP contribution in [0.2, 0.25) is 5.02 Å². The second-order valence-electron chi connectivity index (χ2n) is 8.26. The fourth-order valence-corrected chi connectivity index (χ4v) is 3.71. The summed E-state index contributed by atoms with van der Waals surface area (Å²) in [6.07, 6.45) is 1.76. The van der Waals surface area contributed by atoms with Gasteiger partial charge in [0.2, 0.25) is 5.91 Å². The maximum atomic E-state index is 12.5. The highest BCUT2D eigenvalue weighted by Gasteiger charge is 2.10. The van der Waals surface area contributed by atoms with Gasteiger partial charge in [0.25, 0.3) is 0 Å². The second-order valence-corrected chi connectivity index (χ2v) is 8.66. The maximum absolute atomic E-state index is 12.5. The van der Waals surface area contributed by atoms with E-state index in [1.54, 1.807) is 23.1 Å². The van der Waals surface area contributed by atoms with E-state index in [-0.39, 0.29) is 12.3 Å². The van der Waals surface area contributed by atoms with Crippen LogP contribution in [-0.2, 0) is 28.9 Å². The molecule has 0 aliphatic carbocycles. The summed E-state index contributed by atoms with van der Waals surface area (Å²) in [5.41, 5.74) is 2.79. The highest BCUT2D eigenvalue weighted by atomic mass is 35.5. The molecular weight excluding hydrogens is 466 g/mol. The van der Waals surface area contributed by atoms with Gasteiger partial charge in [-0.3, -0.25) is 9.59 Å². The third kappa shape index (κ3) is 8.98. The third-order valence-corrected chi connectivity index (χ3v) is 5.75. The smallest absolute Gasteiger partial charge is 0.307 e. The Bertz CT molecular complexity index is 1100. The van der Waals surface area contributed by atoms with Gasteiger partial charge in [-0.2, -0.15) is 0 Å². The zero-order chi connectivity index (χ0) is 25.0. The number of hydrogen-bond donors (Lipinski definition) is 1. The Hall–Kier alpha value is -3.51. The monoisotopic (exact) mass is 495 g/mol. The summed E-state index contributed by atoms with van der Waals surface area (Å²) in [7, 11) is 1.84. The molecule has 0 fully saturated rings. The molecule has 0 radical (unpaired) electrons. The molecule has 0 bridgehead atoms. The van der Waals surface area contributed by atoms with Crippen LogP contribution in [0.3, 0.4) is 0 Å². The van der Waals surface area contributed by atoms with Crippen LogP contribution in [-0.4, -0.2) is 48.7 Å². The Morgan fingerprint density at radius 3 is 2.23 bits per heavy atom. The SMILES string of the molecule is CN(CCc1ccccc1)C(=O)Cc1ccc(OCCCOc2ccc(CC(=O)O)cc2Cl)cc1. The molecule has 3 rings (SSSR count). The standard InChI is InChI=1S/C28H30ClNO5/c1-30(15-14-21-6-3-2-4-7-21)27(31)19-22-8-11-24(12-9-22)34-16-5-17-35-26-13-10-23(18-25(26)29)20-28(32)33/h2-4,6-13,18H,5,14-17,19-20H2,1H3,(H,32,33). The lowest BCUT2D eigenvalue weighted by atomic mass is 10.1. The number of ether oxygens (including phenoxy) is 2. The van der Waals surface area contributed by atoms with E-state index in [1.165, 1.54) is 5.56 Å². The number of carbonyl (C=O) groups excluding carboxylic acids is 1. The van der Waals surface area contributed by atoms with Crippen LogP contribution in [0.25, 0.3) is 0 Å². The van der Waals surface area contributed by atoms with Crippen molar-refractivity contribution in [3.63, 3.8) is 0 Å². The zero-order valence-electron chi connectivity index (χ0n) is 19.8. The summed E-state index contributed by atoms with van der Waals surface area (Å²) in [5.74, 6) is 0.428. The van der Waals surface area contributed by atoms with Gasteiger partial charge in [-0.15, -0.1) is 0 Å². The van der Waals surface area contributed by atoms with Gasteiger partial charge in [0.05, 0.1) is 31.1 Å². The van der Waals surface area contributed by atoms with Crippen molar-refractivity contribution in [3.8, 4) is 11.5 Å². The number of halogens is 1. The topological polar surface area (TPSA) is 76.1 Å². The number of carbonyl (C=O) groups is 2. The molecule has 3 aromatic rings. The van der Waals surface area contributed by atoms with E-state index in [0.717, 1.165) is 17.7 Å². The fourth-order valence-electron chi connectivity index (χ4n) is 3.46. The molecule has 1 N–H and O–H groups in total. The van der Waals surface area contributed by atoms with E-state index in [1.807, 2.05) is 49.5 Å². The molecule has 1 amide bonds. The molecule has 0 saturated heterocycles. The number of amides is 1. The van der Waals surface area contributed by atoms with Crippen LogP contribution >= 0.6 is 11.6 Å². The van der Waals surface area contributed by atoms with Crippen LogP contribution in [0, 0.1) is 0 Å². The highest BCUT2D eigenvalue weighted by Crippen LogP contribution is 2.26. The van der Waals surface area contributed by atoms with Gasteiger partial charge in [0, 0.05) is 20.0 Å². The Balaban J connectivity index is 1.35. The van der Waals surface area contributed by atoms with E-state index >= 15 is 0 Å². The van der Waals surface area contributed by atoms with Crippen molar-refractivity contribution in [1.29, 1.82) is 0 Å². The maximum Gasteiger partial charge on any atom is 0.307 e. The molecule has 6 nitrogen and oxygen atoms in total. The number of nitrogens with zero attached hydrogens (tertiary/aromatic N) is 1. The third-order valence-electron chi connectivity index (χ3n) is 5.45. The van der Waals surface area contributed by atoms with E-state index in [9.17, 15) is 9.59 Å². The Morgan fingerprint density at radius 2 is 1.54 bits per heavy atom. The van der Waals surface area contributed by atoms with E-state index in [0.29, 0.717) is 48.9 Å². The van der Waals surface area contributed by atoms with Crippen LogP contribution in [0.15, 0.2) is 72.8 Å². The normalized spacial score (nSPS) is 10.6. The lowest BCUT2D eigenvalue weighted by Gasteiger charge is -2.17. The molecule has 0 aromatic heterocycles. The lowest BCUT2D eigenvalue weighted by Crippen LogP contribution is -2.30. The van der Waals surface area contributed by atoms with Crippen molar-refractivity contribution in [3.05, 3.63) is 94.5 Å². The predicted octanol–water partition coefficient (Wildman–Crippen LogP) is 5.06. The molecule has 0 spiro atoms. The van der Waals surface area contributed by atoms with Gasteiger partial charge >= 0.3 is 5.97 Å². The number of carboxylic acid groups (broad SMARTS) is 1. The summed E-state index contributed by atoms with van der Waals surface area (Å²) in [6.45, 7) is 1.57.